The van der Waals surface area contributed by atoms with Crippen LogP contribution in [0, 0.1) is 5.92 Å². The van der Waals surface area contributed by atoms with Crippen LogP contribution in [0.25, 0.3) is 11.0 Å². The first kappa shape index (κ1) is 51.1. The maximum Gasteiger partial charge on any atom is 0.270 e. The number of carbonyl (C=O) groups is 4. The highest BCUT2D eigenvalue weighted by Gasteiger charge is 2.39. The molecule has 3 aromatic heterocycles. The molecule has 1 atom stereocenters. The third kappa shape index (κ3) is 11.0. The summed E-state index contributed by atoms with van der Waals surface area (Å²) < 4.78 is 2.13. The average molecular weight is 996 g/mol. The van der Waals surface area contributed by atoms with Crippen molar-refractivity contribution in [2.75, 3.05) is 114 Å². The number of likely N-dealkylation sites (tertiary alicyclic amines) is 1. The Labute approximate surface area is 417 Å². The molecule has 2 N–H and O–H groups in total. The second-order valence-electron chi connectivity index (χ2n) is 19.2. The van der Waals surface area contributed by atoms with Crippen molar-refractivity contribution in [3.8, 4) is 0 Å². The third-order valence-electron chi connectivity index (χ3n) is 14.8. The van der Waals surface area contributed by atoms with Crippen molar-refractivity contribution >= 4 is 95.0 Å². The molecule has 20 heteroatoms. The number of imide groups is 1. The molecule has 0 radical (unpaired) electrons. The van der Waals surface area contributed by atoms with Gasteiger partial charge in [-0.05, 0) is 93.1 Å². The highest BCUT2D eigenvalue weighted by atomic mass is 35.5. The standard InChI is InChI=1S/C48H63N13O4.3ClH/c1-54(2)47(65)41-28-34-29-50-48(53-44(34)61(41)36-5-3-4-6-36)51-42-11-8-38(30-49-42)59-23-19-56(20-24-59)18-17-55-15-13-33(14-16-55)31-57-21-25-58(26-22-57)37-7-9-39-35(27-37)32-60(46(39)64)40-10-12-43(62)52-45(40)63;;;/h7-9,11,27-30,33,36,40H,3-6,10,12-26,31-32H2,1-2H3,(H,52,62,63)(H,49,50,51,53);3*1H. The number of halogens is 3. The van der Waals surface area contributed by atoms with Crippen molar-refractivity contribution in [2.24, 2.45) is 5.92 Å². The van der Waals surface area contributed by atoms with Gasteiger partial charge in [-0.1, -0.05) is 12.8 Å². The van der Waals surface area contributed by atoms with Crippen LogP contribution < -0.4 is 20.4 Å². The second-order valence-corrected chi connectivity index (χ2v) is 19.2. The zero-order valence-corrected chi connectivity index (χ0v) is 41.6. The van der Waals surface area contributed by atoms with Crippen molar-refractivity contribution < 1.29 is 19.2 Å². The number of carbonyl (C=O) groups excluding carboxylic acids is 4. The summed E-state index contributed by atoms with van der Waals surface area (Å²) in [4.78, 5) is 80.6. The lowest BCUT2D eigenvalue weighted by atomic mass is 9.96. The van der Waals surface area contributed by atoms with Crippen LogP contribution in [0.2, 0.25) is 0 Å². The Morgan fingerprint density at radius 2 is 1.41 bits per heavy atom. The molecule has 1 unspecified atom stereocenters. The van der Waals surface area contributed by atoms with Gasteiger partial charge < -0.3 is 34.4 Å². The highest BCUT2D eigenvalue weighted by molar-refractivity contribution is 6.05. The molecule has 6 aliphatic rings. The number of piperidine rings is 2. The topological polar surface area (TPSA) is 159 Å². The first-order valence-corrected chi connectivity index (χ1v) is 23.9. The summed E-state index contributed by atoms with van der Waals surface area (Å²) in [5.41, 5.74) is 5.35. The summed E-state index contributed by atoms with van der Waals surface area (Å²) in [5, 5.41) is 6.57. The molecular formula is C48H66Cl3N13O4. The van der Waals surface area contributed by atoms with Crippen LogP contribution in [0.4, 0.5) is 23.1 Å². The molecule has 0 spiro atoms. The van der Waals surface area contributed by atoms with Gasteiger partial charge in [0.15, 0.2) is 0 Å². The minimum Gasteiger partial charge on any atom is -0.369 e. The number of pyridine rings is 1. The number of piperazine rings is 2. The molecule has 4 aromatic rings. The summed E-state index contributed by atoms with van der Waals surface area (Å²) in [6.45, 7) is 14.2. The van der Waals surface area contributed by atoms with E-state index in [4.69, 9.17) is 9.97 Å². The number of benzene rings is 1. The van der Waals surface area contributed by atoms with Gasteiger partial charge in [-0.25, -0.2) is 9.97 Å². The Morgan fingerprint density at radius 1 is 0.750 bits per heavy atom. The minimum atomic E-state index is -0.586. The molecule has 68 heavy (non-hydrogen) atoms. The van der Waals surface area contributed by atoms with Gasteiger partial charge in [0.2, 0.25) is 17.8 Å². The van der Waals surface area contributed by atoms with Gasteiger partial charge in [-0.2, -0.15) is 4.98 Å². The van der Waals surface area contributed by atoms with Crippen LogP contribution in [-0.2, 0) is 16.1 Å². The van der Waals surface area contributed by atoms with E-state index >= 15 is 0 Å². The smallest absolute Gasteiger partial charge is 0.270 e. The number of hydrogen-bond donors (Lipinski definition) is 2. The Kier molecular flexibility index (Phi) is 16.8. The van der Waals surface area contributed by atoms with Crippen LogP contribution in [0.15, 0.2) is 48.8 Å². The van der Waals surface area contributed by atoms with E-state index in [0.717, 1.165) is 132 Å². The van der Waals surface area contributed by atoms with E-state index in [1.54, 1.807) is 30.1 Å². The molecule has 1 saturated carbocycles. The molecule has 8 heterocycles. The Balaban J connectivity index is 0.00000228. The number of hydrogen-bond acceptors (Lipinski definition) is 13. The van der Waals surface area contributed by atoms with E-state index in [1.807, 2.05) is 30.5 Å². The molecule has 1 aliphatic carbocycles. The minimum absolute atomic E-state index is 0. The first-order chi connectivity index (χ1) is 31.6. The zero-order chi connectivity index (χ0) is 44.6. The van der Waals surface area contributed by atoms with Gasteiger partial charge in [0.25, 0.3) is 11.8 Å². The average Bonchev–Trinajstić information content (AvgIpc) is 4.07. The van der Waals surface area contributed by atoms with Crippen molar-refractivity contribution in [1.29, 1.82) is 0 Å². The maximum atomic E-state index is 13.2. The van der Waals surface area contributed by atoms with Gasteiger partial charge in [-0.3, -0.25) is 34.3 Å². The normalized spacial score (nSPS) is 21.0. The predicted octanol–water partition coefficient (Wildman–Crippen LogP) is 5.07. The fraction of sp³-hybridized carbons (Fsp3) is 0.562. The molecule has 5 fully saturated rings. The number of fused-ring (bicyclic) bond motifs is 2. The summed E-state index contributed by atoms with van der Waals surface area (Å²) in [6.07, 6.45) is 11.3. The number of nitrogens with zero attached hydrogens (tertiary/aromatic N) is 11. The van der Waals surface area contributed by atoms with Gasteiger partial charge >= 0.3 is 0 Å². The van der Waals surface area contributed by atoms with Crippen LogP contribution >= 0.6 is 37.2 Å². The van der Waals surface area contributed by atoms with Crippen LogP contribution in [0.1, 0.15) is 83.8 Å². The molecule has 368 valence electrons. The number of aromatic nitrogens is 4. The van der Waals surface area contributed by atoms with E-state index in [9.17, 15) is 19.2 Å². The molecule has 1 aromatic carbocycles. The number of anilines is 4. The summed E-state index contributed by atoms with van der Waals surface area (Å²) >= 11 is 0. The van der Waals surface area contributed by atoms with Crippen LogP contribution in [0.3, 0.4) is 0 Å². The number of nitrogens with one attached hydrogen (secondary N) is 2. The summed E-state index contributed by atoms with van der Waals surface area (Å²) in [7, 11) is 3.58. The fourth-order valence-corrected chi connectivity index (χ4v) is 11.0. The molecule has 10 rings (SSSR count). The monoisotopic (exact) mass is 993 g/mol. The number of rotatable bonds is 12. The molecule has 4 saturated heterocycles. The quantitative estimate of drug-likeness (QED) is 0.182. The molecule has 5 aliphatic heterocycles. The van der Waals surface area contributed by atoms with Gasteiger partial charge in [0, 0.05) is 128 Å². The molecule has 0 bridgehead atoms. The van der Waals surface area contributed by atoms with Crippen molar-refractivity contribution in [3.05, 3.63) is 65.6 Å². The van der Waals surface area contributed by atoms with E-state index in [1.165, 1.54) is 25.9 Å². The Hall–Kier alpha value is -4.78. The highest BCUT2D eigenvalue weighted by Crippen LogP contribution is 2.35. The molecule has 17 nitrogen and oxygen atoms in total. The summed E-state index contributed by atoms with van der Waals surface area (Å²) in [5.74, 6) is 1.13. The lowest BCUT2D eigenvalue weighted by molar-refractivity contribution is -0.136. The number of amides is 4. The van der Waals surface area contributed by atoms with Gasteiger partial charge in [0.1, 0.15) is 23.2 Å². The zero-order valence-electron chi connectivity index (χ0n) is 39.2. The van der Waals surface area contributed by atoms with Crippen LogP contribution in [-0.4, -0.2) is 173 Å². The second kappa shape index (κ2) is 22.3. The Bertz CT molecular complexity index is 2410. The predicted molar refractivity (Wildman–Crippen MR) is 271 cm³/mol. The SMILES string of the molecule is CN(C)C(=O)c1cc2cnc(Nc3ccc(N4CCN(CCN5CCC(CN6CCN(c7ccc8c(c7)CN(C7CCC(=O)NC7=O)C8=O)CC6)CC5)CC4)cn3)nc2n1C1CCCC1.Cl.Cl.Cl. The largest absolute Gasteiger partial charge is 0.369 e. The fourth-order valence-electron chi connectivity index (χ4n) is 11.0. The summed E-state index contributed by atoms with van der Waals surface area (Å²) in [6, 6.07) is 11.8. The van der Waals surface area contributed by atoms with E-state index in [0.29, 0.717) is 36.0 Å². The van der Waals surface area contributed by atoms with Crippen molar-refractivity contribution in [1.82, 2.24) is 49.3 Å². The van der Waals surface area contributed by atoms with Gasteiger partial charge in [0.05, 0.1) is 11.9 Å². The molecule has 4 amide bonds. The van der Waals surface area contributed by atoms with Gasteiger partial charge in [-0.15, -0.1) is 37.2 Å². The maximum absolute atomic E-state index is 13.2. The Morgan fingerprint density at radius 3 is 2.07 bits per heavy atom. The van der Waals surface area contributed by atoms with Crippen molar-refractivity contribution in [3.63, 3.8) is 0 Å². The lowest BCUT2D eigenvalue weighted by Gasteiger charge is -2.40. The van der Waals surface area contributed by atoms with E-state index in [2.05, 4.69) is 56.8 Å². The van der Waals surface area contributed by atoms with E-state index < -0.39 is 6.04 Å². The first-order valence-electron chi connectivity index (χ1n) is 23.9. The lowest BCUT2D eigenvalue weighted by Crippen LogP contribution is -2.52. The van der Waals surface area contributed by atoms with Crippen molar-refractivity contribution in [2.45, 2.75) is 70.0 Å². The molecular weight excluding hydrogens is 929 g/mol. The van der Waals surface area contributed by atoms with Crippen LogP contribution in [0.5, 0.6) is 0 Å². The third-order valence-corrected chi connectivity index (χ3v) is 14.8. The van der Waals surface area contributed by atoms with E-state index in [-0.39, 0.29) is 73.3 Å².